The van der Waals surface area contributed by atoms with E-state index in [1.54, 1.807) is 0 Å². The first-order valence-electron chi connectivity index (χ1n) is 10.6. The van der Waals surface area contributed by atoms with Crippen LogP contribution in [0.4, 0.5) is 0 Å². The number of nitrogens with one attached hydrogen (secondary N) is 1. The Bertz CT molecular complexity index is 826. The minimum atomic E-state index is -1.83. The largest absolute Gasteiger partial charge is 0.413 e. The fraction of sp³-hybridized carbons (Fsp3) is 0.565. The highest BCUT2D eigenvalue weighted by Crippen LogP contribution is 2.39. The molecular weight excluding hydrogens is 378 g/mol. The standard InChI is InChI=1S/C23H35N3O2Si/c1-17-21(16-27)22(25-24-17)13-19-12-20(28-29(5,6)23(2,3)4)15-26(19)14-18-10-8-7-9-11-18/h7-11,16,19-20H,12-15H2,1-6H3,(H,24,25)/t19-,20+/m0/s1. The summed E-state index contributed by atoms with van der Waals surface area (Å²) in [6.07, 6.45) is 2.89. The van der Waals surface area contributed by atoms with Gasteiger partial charge < -0.3 is 4.43 Å². The molecule has 0 amide bonds. The summed E-state index contributed by atoms with van der Waals surface area (Å²) in [5.74, 6) is 0. The van der Waals surface area contributed by atoms with Crippen molar-refractivity contribution in [1.29, 1.82) is 0 Å². The van der Waals surface area contributed by atoms with Gasteiger partial charge in [-0.15, -0.1) is 0 Å². The van der Waals surface area contributed by atoms with E-state index in [-0.39, 0.29) is 11.1 Å². The third-order valence-electron chi connectivity index (χ3n) is 6.61. The van der Waals surface area contributed by atoms with E-state index in [4.69, 9.17) is 4.43 Å². The maximum atomic E-state index is 11.5. The predicted molar refractivity (Wildman–Crippen MR) is 120 cm³/mol. The molecule has 0 radical (unpaired) electrons. The molecule has 2 heterocycles. The van der Waals surface area contributed by atoms with Crippen molar-refractivity contribution in [3.63, 3.8) is 0 Å². The Balaban J connectivity index is 1.79. The lowest BCUT2D eigenvalue weighted by Crippen LogP contribution is -2.44. The number of carbonyl (C=O) groups is 1. The van der Waals surface area contributed by atoms with Crippen LogP contribution in [0.1, 0.15) is 54.5 Å². The van der Waals surface area contributed by atoms with Crippen LogP contribution in [0.2, 0.25) is 18.1 Å². The first-order valence-corrected chi connectivity index (χ1v) is 13.5. The Morgan fingerprint density at radius 2 is 1.97 bits per heavy atom. The van der Waals surface area contributed by atoms with Crippen LogP contribution >= 0.6 is 0 Å². The molecule has 158 valence electrons. The van der Waals surface area contributed by atoms with E-state index in [2.05, 4.69) is 79.3 Å². The van der Waals surface area contributed by atoms with Gasteiger partial charge in [0, 0.05) is 31.2 Å². The first kappa shape index (κ1) is 21.9. The van der Waals surface area contributed by atoms with E-state index < -0.39 is 8.32 Å². The highest BCUT2D eigenvalue weighted by atomic mass is 28.4. The number of aryl methyl sites for hydroxylation is 1. The average Bonchev–Trinajstić information content (AvgIpc) is 3.17. The molecule has 1 N–H and O–H groups in total. The monoisotopic (exact) mass is 413 g/mol. The van der Waals surface area contributed by atoms with Gasteiger partial charge in [-0.3, -0.25) is 14.8 Å². The number of aromatic nitrogens is 2. The lowest BCUT2D eigenvalue weighted by Gasteiger charge is -2.38. The molecule has 29 heavy (non-hydrogen) atoms. The molecule has 0 saturated carbocycles. The van der Waals surface area contributed by atoms with Gasteiger partial charge in [-0.1, -0.05) is 51.1 Å². The number of carbonyl (C=O) groups excluding carboxylic acids is 1. The van der Waals surface area contributed by atoms with Gasteiger partial charge in [0.1, 0.15) is 0 Å². The number of likely N-dealkylation sites (tertiary alicyclic amines) is 1. The van der Waals surface area contributed by atoms with Crippen LogP contribution in [0, 0.1) is 6.92 Å². The van der Waals surface area contributed by atoms with Crippen molar-refractivity contribution in [1.82, 2.24) is 15.1 Å². The minimum Gasteiger partial charge on any atom is -0.413 e. The van der Waals surface area contributed by atoms with Gasteiger partial charge in [-0.05, 0) is 37.0 Å². The predicted octanol–water partition coefficient (Wildman–Crippen LogP) is 4.74. The summed E-state index contributed by atoms with van der Waals surface area (Å²) in [6, 6.07) is 10.9. The summed E-state index contributed by atoms with van der Waals surface area (Å²) >= 11 is 0. The van der Waals surface area contributed by atoms with Crippen molar-refractivity contribution in [3.8, 4) is 0 Å². The van der Waals surface area contributed by atoms with E-state index in [1.807, 2.05) is 6.92 Å². The third kappa shape index (κ3) is 5.05. The SMILES string of the molecule is Cc1[nH]nc(C[C@@H]2C[C@@H](O[Si](C)(C)C(C)(C)C)CN2Cc2ccccc2)c1C=O. The molecule has 1 saturated heterocycles. The molecule has 1 aromatic carbocycles. The zero-order chi connectivity index (χ0) is 21.2. The summed E-state index contributed by atoms with van der Waals surface area (Å²) in [4.78, 5) is 14.0. The van der Waals surface area contributed by atoms with Crippen molar-refractivity contribution >= 4 is 14.6 Å². The van der Waals surface area contributed by atoms with Crippen molar-refractivity contribution < 1.29 is 9.22 Å². The third-order valence-corrected chi connectivity index (χ3v) is 11.1. The maximum Gasteiger partial charge on any atom is 0.192 e. The molecule has 0 spiro atoms. The molecule has 0 aliphatic carbocycles. The van der Waals surface area contributed by atoms with Gasteiger partial charge in [0.25, 0.3) is 0 Å². The van der Waals surface area contributed by atoms with Crippen molar-refractivity contribution in [3.05, 3.63) is 52.8 Å². The van der Waals surface area contributed by atoms with Gasteiger partial charge in [0.15, 0.2) is 14.6 Å². The highest BCUT2D eigenvalue weighted by molar-refractivity contribution is 6.74. The number of hydrogen-bond donors (Lipinski definition) is 1. The van der Waals surface area contributed by atoms with Gasteiger partial charge in [-0.25, -0.2) is 0 Å². The second kappa shape index (κ2) is 8.54. The molecule has 1 aliphatic rings. The molecule has 1 aliphatic heterocycles. The number of H-pyrrole nitrogens is 1. The van der Waals surface area contributed by atoms with E-state index in [0.29, 0.717) is 11.6 Å². The molecule has 3 rings (SSSR count). The zero-order valence-electron chi connectivity index (χ0n) is 18.7. The molecule has 2 atom stereocenters. The molecular formula is C23H35N3O2Si. The van der Waals surface area contributed by atoms with Crippen LogP contribution in [0.25, 0.3) is 0 Å². The second-order valence-electron chi connectivity index (χ2n) is 9.84. The fourth-order valence-electron chi connectivity index (χ4n) is 3.86. The lowest BCUT2D eigenvalue weighted by molar-refractivity contribution is 0.112. The van der Waals surface area contributed by atoms with Crippen LogP contribution in [-0.2, 0) is 17.4 Å². The van der Waals surface area contributed by atoms with Gasteiger partial charge in [0.2, 0.25) is 0 Å². The van der Waals surface area contributed by atoms with Gasteiger partial charge >= 0.3 is 0 Å². The highest BCUT2D eigenvalue weighted by Gasteiger charge is 2.42. The quantitative estimate of drug-likeness (QED) is 0.526. The summed E-state index contributed by atoms with van der Waals surface area (Å²) < 4.78 is 6.76. The number of aldehydes is 1. The maximum absolute atomic E-state index is 11.5. The zero-order valence-corrected chi connectivity index (χ0v) is 19.7. The summed E-state index contributed by atoms with van der Waals surface area (Å²) in [5.41, 5.74) is 3.72. The molecule has 5 nitrogen and oxygen atoms in total. The van der Waals surface area contributed by atoms with E-state index >= 15 is 0 Å². The number of rotatable bonds is 7. The smallest absolute Gasteiger partial charge is 0.192 e. The van der Waals surface area contributed by atoms with Crippen molar-refractivity contribution in [2.24, 2.45) is 0 Å². The molecule has 1 fully saturated rings. The summed E-state index contributed by atoms with van der Waals surface area (Å²) in [6.45, 7) is 15.2. The Labute approximate surface area is 176 Å². The molecule has 0 bridgehead atoms. The first-order chi connectivity index (χ1) is 13.6. The molecule has 1 aromatic heterocycles. The molecule has 2 aromatic rings. The average molecular weight is 414 g/mol. The van der Waals surface area contributed by atoms with Crippen LogP contribution in [-0.4, -0.2) is 48.4 Å². The van der Waals surface area contributed by atoms with Gasteiger partial charge in [-0.2, -0.15) is 5.10 Å². The number of benzene rings is 1. The van der Waals surface area contributed by atoms with Crippen LogP contribution in [0.5, 0.6) is 0 Å². The minimum absolute atomic E-state index is 0.194. The Kier molecular flexibility index (Phi) is 6.46. The molecule has 6 heteroatoms. The second-order valence-corrected chi connectivity index (χ2v) is 14.6. The van der Waals surface area contributed by atoms with E-state index in [0.717, 1.165) is 43.6 Å². The Hall–Kier alpha value is -1.76. The Morgan fingerprint density at radius 1 is 1.28 bits per heavy atom. The van der Waals surface area contributed by atoms with Crippen LogP contribution < -0.4 is 0 Å². The lowest BCUT2D eigenvalue weighted by atomic mass is 10.0. The number of nitrogens with zero attached hydrogens (tertiary/aromatic N) is 2. The Morgan fingerprint density at radius 3 is 2.59 bits per heavy atom. The fourth-order valence-corrected chi connectivity index (χ4v) is 5.22. The van der Waals surface area contributed by atoms with Crippen molar-refractivity contribution in [2.75, 3.05) is 6.54 Å². The number of hydrogen-bond acceptors (Lipinski definition) is 4. The topological polar surface area (TPSA) is 58.2 Å². The number of aromatic amines is 1. The van der Waals surface area contributed by atoms with Crippen molar-refractivity contribution in [2.45, 2.75) is 77.4 Å². The van der Waals surface area contributed by atoms with E-state index in [1.165, 1.54) is 5.56 Å². The summed E-state index contributed by atoms with van der Waals surface area (Å²) in [7, 11) is -1.83. The van der Waals surface area contributed by atoms with Gasteiger partial charge in [0.05, 0.1) is 17.4 Å². The van der Waals surface area contributed by atoms with Crippen LogP contribution in [0.3, 0.4) is 0 Å². The van der Waals surface area contributed by atoms with Crippen LogP contribution in [0.15, 0.2) is 30.3 Å². The molecule has 0 unspecified atom stereocenters. The summed E-state index contributed by atoms with van der Waals surface area (Å²) in [5, 5.41) is 7.58. The normalized spacial score (nSPS) is 20.9. The van der Waals surface area contributed by atoms with E-state index in [9.17, 15) is 4.79 Å².